The van der Waals surface area contributed by atoms with E-state index >= 15 is 0 Å². The number of urea groups is 2. The minimum atomic E-state index is -4.02. The number of benzene rings is 2. The van der Waals surface area contributed by atoms with Gasteiger partial charge in [-0.05, 0) is 94.2 Å². The summed E-state index contributed by atoms with van der Waals surface area (Å²) in [6.45, 7) is -0.0642. The second-order valence-electron chi connectivity index (χ2n) is 22.6. The molecule has 11 rings (SSSR count). The highest BCUT2D eigenvalue weighted by Gasteiger charge is 2.44. The quantitative estimate of drug-likeness (QED) is 0.0452. The third-order valence-electron chi connectivity index (χ3n) is 16.5. The lowest BCUT2D eigenvalue weighted by atomic mass is 9.91. The van der Waals surface area contributed by atoms with Crippen LogP contribution in [0.4, 0.5) is 44.5 Å². The Morgan fingerprint density at radius 1 is 0.552 bits per heavy atom. The van der Waals surface area contributed by atoms with Crippen LogP contribution in [0.1, 0.15) is 69.9 Å². The molecule has 6 amide bonds. The van der Waals surface area contributed by atoms with Gasteiger partial charge in [-0.25, -0.2) is 46.7 Å². The normalized spacial score (nSPS) is 25.8. The first kappa shape index (κ1) is 60.5. The summed E-state index contributed by atoms with van der Waals surface area (Å²) < 4.78 is 51.2. The van der Waals surface area contributed by atoms with Crippen LogP contribution in [0.2, 0.25) is 0 Å². The summed E-state index contributed by atoms with van der Waals surface area (Å²) in [6, 6.07) is 6.30. The SMILES string of the molecule is NS(=O)(=O)c1cccc(NC(=O)N[C@@H]2CCN(c3nc(N[C@H]4CC[C@H](Nc5nc(N6CC[C@@H](NC(=O)Nc7cccc(S(N)(=O)=O)c7)C6)nc6c5ncn6[C@@H]5C[C@H](NC(=O)CO)C[C@H]5O)CC4)c4ncn([C@@H]5C[C@H](NC(=O)CO)[C@@H](O)[C@H]5O)c4n3)C2)c1. The van der Waals surface area contributed by atoms with E-state index in [2.05, 4.69) is 42.5 Å². The van der Waals surface area contributed by atoms with E-state index in [0.717, 1.165) is 0 Å². The van der Waals surface area contributed by atoms with Crippen LogP contribution >= 0.6 is 0 Å². The van der Waals surface area contributed by atoms with E-state index in [1.807, 2.05) is 9.80 Å². The van der Waals surface area contributed by atoms with Crippen LogP contribution in [-0.2, 0) is 29.6 Å². The van der Waals surface area contributed by atoms with Gasteiger partial charge in [-0.3, -0.25) is 9.59 Å². The number of hydrogen-bond donors (Lipinski definition) is 15. The molecule has 2 aromatic carbocycles. The smallest absolute Gasteiger partial charge is 0.319 e. The monoisotopic (exact) mass is 1240 g/mol. The van der Waals surface area contributed by atoms with Crippen molar-refractivity contribution in [2.75, 3.05) is 70.5 Å². The van der Waals surface area contributed by atoms with Gasteiger partial charge in [0.15, 0.2) is 34.0 Å². The second-order valence-corrected chi connectivity index (χ2v) is 25.7. The molecule has 4 aromatic heterocycles. The number of nitrogens with two attached hydrogens (primary N) is 2. The van der Waals surface area contributed by atoms with Gasteiger partial charge in [-0.2, -0.15) is 19.9 Å². The molecule has 9 atom stereocenters. The summed E-state index contributed by atoms with van der Waals surface area (Å²) in [5.74, 6) is 0.152. The molecular weight excluding hydrogens is 1180 g/mol. The first-order valence-electron chi connectivity index (χ1n) is 28.3. The Hall–Kier alpha value is -8.16. The Morgan fingerprint density at radius 2 is 1.02 bits per heavy atom. The van der Waals surface area contributed by atoms with E-state index in [1.165, 1.54) is 54.9 Å². The van der Waals surface area contributed by atoms with Gasteiger partial charge in [-0.1, -0.05) is 12.1 Å². The van der Waals surface area contributed by atoms with Crippen molar-refractivity contribution in [2.45, 2.75) is 134 Å². The number of hydrogen-bond acceptors (Lipinski definition) is 23. The fourth-order valence-corrected chi connectivity index (χ4v) is 13.4. The molecule has 0 unspecified atom stereocenters. The molecule has 33 nitrogen and oxygen atoms in total. The topological polar surface area (TPSA) is 480 Å². The van der Waals surface area contributed by atoms with Crippen LogP contribution in [0.5, 0.6) is 0 Å². The first-order valence-corrected chi connectivity index (χ1v) is 31.4. The molecule has 6 aromatic rings. The average molecular weight is 1250 g/mol. The summed E-state index contributed by atoms with van der Waals surface area (Å²) in [4.78, 5) is 83.6. The molecule has 35 heteroatoms. The summed E-state index contributed by atoms with van der Waals surface area (Å²) in [6.07, 6.45) is 3.62. The zero-order chi connectivity index (χ0) is 61.5. The molecule has 0 radical (unpaired) electrons. The summed E-state index contributed by atoms with van der Waals surface area (Å²) in [7, 11) is -8.03. The number of anilines is 6. The molecule has 466 valence electrons. The zero-order valence-electron chi connectivity index (χ0n) is 46.7. The van der Waals surface area contributed by atoms with E-state index < -0.39 is 106 Å². The van der Waals surface area contributed by atoms with E-state index in [0.29, 0.717) is 104 Å². The van der Waals surface area contributed by atoms with E-state index in [9.17, 15) is 61.5 Å². The van der Waals surface area contributed by atoms with Crippen molar-refractivity contribution >= 4 is 101 Å². The predicted octanol–water partition coefficient (Wildman–Crippen LogP) is -1.79. The van der Waals surface area contributed by atoms with E-state index in [1.54, 1.807) is 15.5 Å². The van der Waals surface area contributed by atoms with Crippen LogP contribution in [-0.4, -0.2) is 199 Å². The lowest BCUT2D eigenvalue weighted by Gasteiger charge is -2.31. The number of fused-ring (bicyclic) bond motifs is 2. The zero-order valence-corrected chi connectivity index (χ0v) is 48.3. The van der Waals surface area contributed by atoms with Crippen molar-refractivity contribution in [3.05, 3.63) is 61.2 Å². The minimum absolute atomic E-state index is 0.0805. The first-order chi connectivity index (χ1) is 41.6. The summed E-state index contributed by atoms with van der Waals surface area (Å²) in [5, 5.41) is 86.9. The molecular formula is C52H68N20O13S2. The number of aliphatic hydroxyl groups excluding tert-OH is 5. The van der Waals surface area contributed by atoms with Gasteiger partial charge in [-0.15, -0.1) is 0 Å². The number of rotatable bonds is 18. The van der Waals surface area contributed by atoms with Crippen molar-refractivity contribution in [1.82, 2.24) is 60.3 Å². The average Bonchev–Trinajstić information content (AvgIpc) is 1.95. The Kier molecular flexibility index (Phi) is 17.3. The highest BCUT2D eigenvalue weighted by atomic mass is 32.2. The van der Waals surface area contributed by atoms with Gasteiger partial charge in [0, 0.05) is 67.8 Å². The Bertz CT molecular complexity index is 3810. The van der Waals surface area contributed by atoms with Crippen molar-refractivity contribution in [1.29, 1.82) is 0 Å². The van der Waals surface area contributed by atoms with Crippen molar-refractivity contribution < 1.29 is 61.5 Å². The Labute approximate surface area is 497 Å². The Morgan fingerprint density at radius 3 is 1.49 bits per heavy atom. The van der Waals surface area contributed by atoms with Crippen LogP contribution in [0.15, 0.2) is 71.0 Å². The molecule has 5 fully saturated rings. The van der Waals surface area contributed by atoms with Crippen molar-refractivity contribution in [2.24, 2.45) is 10.3 Å². The van der Waals surface area contributed by atoms with Gasteiger partial charge in [0.05, 0.1) is 46.7 Å². The third-order valence-corrected chi connectivity index (χ3v) is 18.4. The van der Waals surface area contributed by atoms with Gasteiger partial charge < -0.3 is 87.0 Å². The molecule has 6 heterocycles. The number of sulfonamides is 2. The van der Waals surface area contributed by atoms with Crippen LogP contribution in [0.25, 0.3) is 22.3 Å². The molecule has 0 spiro atoms. The molecule has 87 heavy (non-hydrogen) atoms. The predicted molar refractivity (Wildman–Crippen MR) is 313 cm³/mol. The highest BCUT2D eigenvalue weighted by molar-refractivity contribution is 7.89. The van der Waals surface area contributed by atoms with Crippen LogP contribution in [0.3, 0.4) is 0 Å². The molecule has 5 aliphatic rings. The highest BCUT2D eigenvalue weighted by Crippen LogP contribution is 2.38. The third kappa shape index (κ3) is 13.5. The minimum Gasteiger partial charge on any atom is -0.391 e. The number of carbonyl (C=O) groups excluding carboxylic acids is 4. The molecule has 3 saturated carbocycles. The van der Waals surface area contributed by atoms with Crippen LogP contribution in [0, 0.1) is 0 Å². The standard InChI is InChI=1S/C52H68N20O13S2/c53-86(82,83)33-5-1-3-28(15-33)60-51(80)62-30-11-13-69(20-30)49-65-45(41-47(67-49)71(24-55-41)36-17-32(18-38(36)75)57-39(76)22-73)58-26-7-9-27(10-8-26)59-46-42-48(72(25-56-42)37-19-35(43(78)44(37)79)64-40(77)23-74)68-50(66-46)70-14-12-31(21-70)63-52(81)61-29-4-2-6-34(16-29)87(54,84)85/h1-6,15-16,24-27,30-32,35-38,43-44,73-75,78-79H,7-14,17-23H2,(H,57,76)(H,64,77)(H2,53,82,83)(H2,54,84,85)(H,58,65,67)(H,59,66,68)(H2,60,62,80)(H2,61,63,81)/t26-,27-,30-,31-,32+,35+,36-,37-,38-,43-,44+/m1/s1. The van der Waals surface area contributed by atoms with E-state index in [4.69, 9.17) is 40.2 Å². The van der Waals surface area contributed by atoms with Crippen molar-refractivity contribution in [3.8, 4) is 0 Å². The molecule has 17 N–H and O–H groups in total. The van der Waals surface area contributed by atoms with Gasteiger partial charge in [0.1, 0.15) is 25.4 Å². The van der Waals surface area contributed by atoms with Gasteiger partial charge in [0.2, 0.25) is 43.8 Å². The number of nitrogens with zero attached hydrogens (tertiary/aromatic N) is 10. The lowest BCUT2D eigenvalue weighted by molar-refractivity contribution is -0.125. The number of aliphatic hydroxyl groups is 5. The summed E-state index contributed by atoms with van der Waals surface area (Å²) in [5.41, 5.74) is 2.00. The second kappa shape index (κ2) is 24.9. The number of carbonyl (C=O) groups is 4. The summed E-state index contributed by atoms with van der Waals surface area (Å²) >= 11 is 0. The maximum atomic E-state index is 13.2. The number of amides is 6. The maximum Gasteiger partial charge on any atom is 0.319 e. The van der Waals surface area contributed by atoms with Gasteiger partial charge in [0.25, 0.3) is 0 Å². The largest absolute Gasteiger partial charge is 0.391 e. The van der Waals surface area contributed by atoms with Crippen LogP contribution < -0.4 is 62.6 Å². The fraction of sp³-hybridized carbons (Fsp3) is 0.500. The molecule has 3 aliphatic carbocycles. The molecule has 0 bridgehead atoms. The maximum absolute atomic E-state index is 13.2. The lowest BCUT2D eigenvalue weighted by Crippen LogP contribution is -2.44. The number of imidazole rings is 2. The molecule has 2 aliphatic heterocycles. The van der Waals surface area contributed by atoms with Crippen molar-refractivity contribution in [3.63, 3.8) is 0 Å². The van der Waals surface area contributed by atoms with Gasteiger partial charge >= 0.3 is 12.1 Å². The Balaban J connectivity index is 0.811. The number of nitrogens with one attached hydrogen (secondary N) is 8. The van der Waals surface area contributed by atoms with E-state index in [-0.39, 0.29) is 64.6 Å². The number of primary sulfonamides is 2. The fourth-order valence-electron chi connectivity index (χ4n) is 12.2. The number of aromatic nitrogens is 8. The molecule has 2 saturated heterocycles.